The summed E-state index contributed by atoms with van der Waals surface area (Å²) in [7, 11) is 0. The number of rotatable bonds is 6. The minimum Gasteiger partial charge on any atom is -0.492 e. The van der Waals surface area contributed by atoms with Crippen molar-refractivity contribution in [3.8, 4) is 5.75 Å². The Morgan fingerprint density at radius 1 is 1.00 bits per heavy atom. The molecule has 1 N–H and O–H groups in total. The summed E-state index contributed by atoms with van der Waals surface area (Å²) in [5.74, 6) is -1.37. The van der Waals surface area contributed by atoms with Gasteiger partial charge in [-0.1, -0.05) is 15.9 Å². The Morgan fingerprint density at radius 3 is 2.44 bits per heavy atom. The molecule has 0 saturated carbocycles. The number of anilines is 1. The number of benzene rings is 2. The lowest BCUT2D eigenvalue weighted by molar-refractivity contribution is -0.122. The summed E-state index contributed by atoms with van der Waals surface area (Å²) in [5.41, 5.74) is 0.546. The van der Waals surface area contributed by atoms with Gasteiger partial charge in [0.05, 0.1) is 12.2 Å². The summed E-state index contributed by atoms with van der Waals surface area (Å²) in [6, 6.07) is 14.9. The van der Waals surface area contributed by atoms with Crippen LogP contribution in [-0.4, -0.2) is 29.0 Å². The van der Waals surface area contributed by atoms with Crippen LogP contribution in [0, 0.1) is 5.82 Å². The van der Waals surface area contributed by atoms with Gasteiger partial charge in [0, 0.05) is 16.4 Å². The molecule has 9 heteroatoms. The molecule has 1 saturated heterocycles. The predicted octanol–water partition coefficient (Wildman–Crippen LogP) is 4.14. The molecule has 0 aliphatic carbocycles. The van der Waals surface area contributed by atoms with Crippen LogP contribution < -0.4 is 15.0 Å². The SMILES string of the molecule is O=C1NC(=O)N(c2ccc(F)cc2)C(=O)/C1=C/c1cccn1CCOc1ccc(Br)cc1. The number of halogens is 2. The Labute approximate surface area is 191 Å². The number of amides is 4. The van der Waals surface area contributed by atoms with E-state index in [9.17, 15) is 18.8 Å². The van der Waals surface area contributed by atoms with Gasteiger partial charge in [-0.15, -0.1) is 0 Å². The monoisotopic (exact) mass is 497 g/mol. The van der Waals surface area contributed by atoms with Gasteiger partial charge in [0.25, 0.3) is 11.8 Å². The number of hydrogen-bond acceptors (Lipinski definition) is 4. The first-order valence-corrected chi connectivity index (χ1v) is 10.4. The number of carbonyl (C=O) groups is 3. The molecule has 0 bridgehead atoms. The summed E-state index contributed by atoms with van der Waals surface area (Å²) >= 11 is 3.37. The van der Waals surface area contributed by atoms with Crippen molar-refractivity contribution in [1.82, 2.24) is 9.88 Å². The topological polar surface area (TPSA) is 80.6 Å². The fraction of sp³-hybridized carbons (Fsp3) is 0.0870. The Morgan fingerprint density at radius 2 is 1.72 bits per heavy atom. The molecule has 0 atom stereocenters. The molecule has 0 spiro atoms. The number of nitrogens with zero attached hydrogens (tertiary/aromatic N) is 2. The van der Waals surface area contributed by atoms with Crippen LogP contribution >= 0.6 is 15.9 Å². The van der Waals surface area contributed by atoms with Crippen molar-refractivity contribution in [2.75, 3.05) is 11.5 Å². The van der Waals surface area contributed by atoms with Gasteiger partial charge in [-0.05, 0) is 66.7 Å². The highest BCUT2D eigenvalue weighted by atomic mass is 79.9. The summed E-state index contributed by atoms with van der Waals surface area (Å²) in [5, 5.41) is 2.15. The second-order valence-corrected chi connectivity index (χ2v) is 7.78. The molecule has 0 unspecified atom stereocenters. The average molecular weight is 498 g/mol. The standard InChI is InChI=1S/C23H17BrFN3O4/c24-15-3-9-19(10-4-15)32-13-12-27-11-1-2-18(27)14-20-21(29)26-23(31)28(22(20)30)17-7-5-16(25)6-8-17/h1-11,14H,12-13H2,(H,26,29,31)/b20-14+. The van der Waals surface area contributed by atoms with Crippen molar-refractivity contribution in [2.45, 2.75) is 6.54 Å². The minimum absolute atomic E-state index is 0.158. The summed E-state index contributed by atoms with van der Waals surface area (Å²) in [6.45, 7) is 0.839. The maximum Gasteiger partial charge on any atom is 0.335 e. The third kappa shape index (κ3) is 4.62. The van der Waals surface area contributed by atoms with Crippen molar-refractivity contribution >= 4 is 45.5 Å². The van der Waals surface area contributed by atoms with E-state index in [2.05, 4.69) is 21.2 Å². The van der Waals surface area contributed by atoms with Gasteiger partial charge in [0.15, 0.2) is 0 Å². The van der Waals surface area contributed by atoms with Crippen molar-refractivity contribution < 1.29 is 23.5 Å². The molecular formula is C23H17BrFN3O4. The number of imide groups is 2. The number of nitrogens with one attached hydrogen (secondary N) is 1. The lowest BCUT2D eigenvalue weighted by Gasteiger charge is -2.26. The molecule has 1 aliphatic rings. The largest absolute Gasteiger partial charge is 0.492 e. The van der Waals surface area contributed by atoms with Crippen molar-refractivity contribution in [1.29, 1.82) is 0 Å². The predicted molar refractivity (Wildman–Crippen MR) is 119 cm³/mol. The van der Waals surface area contributed by atoms with Gasteiger partial charge in [-0.25, -0.2) is 14.1 Å². The second kappa shape index (κ2) is 9.19. The maximum absolute atomic E-state index is 13.2. The van der Waals surface area contributed by atoms with Gasteiger partial charge < -0.3 is 9.30 Å². The Balaban J connectivity index is 1.52. The first-order chi connectivity index (χ1) is 15.4. The maximum atomic E-state index is 13.2. The Kier molecular flexibility index (Phi) is 6.18. The van der Waals surface area contributed by atoms with Gasteiger partial charge in [-0.2, -0.15) is 0 Å². The van der Waals surface area contributed by atoms with Crippen molar-refractivity contribution in [3.63, 3.8) is 0 Å². The Bertz CT molecular complexity index is 1200. The average Bonchev–Trinajstić information content (AvgIpc) is 3.21. The van der Waals surface area contributed by atoms with Crippen LogP contribution in [0.25, 0.3) is 6.08 Å². The van der Waals surface area contributed by atoms with E-state index < -0.39 is 23.7 Å². The number of aromatic nitrogens is 1. The number of urea groups is 1. The molecule has 1 aliphatic heterocycles. The first kappa shape index (κ1) is 21.5. The molecular weight excluding hydrogens is 481 g/mol. The molecule has 4 amide bonds. The van der Waals surface area contributed by atoms with E-state index in [1.807, 2.05) is 28.8 Å². The number of hydrogen-bond donors (Lipinski definition) is 1. The zero-order valence-electron chi connectivity index (χ0n) is 16.6. The molecule has 1 aromatic heterocycles. The Hall–Kier alpha value is -3.72. The lowest BCUT2D eigenvalue weighted by atomic mass is 10.1. The molecule has 3 aromatic rings. The van der Waals surface area contributed by atoms with E-state index in [1.54, 1.807) is 18.3 Å². The number of carbonyl (C=O) groups excluding carboxylic acids is 3. The third-order valence-corrected chi connectivity index (χ3v) is 5.29. The van der Waals surface area contributed by atoms with E-state index >= 15 is 0 Å². The smallest absolute Gasteiger partial charge is 0.335 e. The zero-order valence-corrected chi connectivity index (χ0v) is 18.2. The summed E-state index contributed by atoms with van der Waals surface area (Å²) in [6.07, 6.45) is 3.21. The van der Waals surface area contributed by atoms with Gasteiger partial charge in [-0.3, -0.25) is 14.9 Å². The van der Waals surface area contributed by atoms with E-state index in [4.69, 9.17) is 4.74 Å². The van der Waals surface area contributed by atoms with Crippen LogP contribution in [0.5, 0.6) is 5.75 Å². The fourth-order valence-corrected chi connectivity index (χ4v) is 3.45. The normalized spacial score (nSPS) is 15.2. The quantitative estimate of drug-likeness (QED) is 0.410. The van der Waals surface area contributed by atoms with Gasteiger partial charge >= 0.3 is 6.03 Å². The minimum atomic E-state index is -0.887. The van der Waals surface area contributed by atoms with E-state index in [0.717, 1.165) is 27.3 Å². The van der Waals surface area contributed by atoms with Crippen LogP contribution in [0.15, 0.2) is 76.9 Å². The van der Waals surface area contributed by atoms with Crippen LogP contribution in [0.3, 0.4) is 0 Å². The third-order valence-electron chi connectivity index (χ3n) is 4.76. The van der Waals surface area contributed by atoms with Gasteiger partial charge in [0.2, 0.25) is 0 Å². The molecule has 162 valence electrons. The second-order valence-electron chi connectivity index (χ2n) is 6.86. The highest BCUT2D eigenvalue weighted by molar-refractivity contribution is 9.10. The molecule has 2 aromatic carbocycles. The molecule has 7 nitrogen and oxygen atoms in total. The fourth-order valence-electron chi connectivity index (χ4n) is 3.18. The molecule has 1 fully saturated rings. The summed E-state index contributed by atoms with van der Waals surface area (Å²) in [4.78, 5) is 38.3. The van der Waals surface area contributed by atoms with Crippen LogP contribution in [0.4, 0.5) is 14.9 Å². The highest BCUT2D eigenvalue weighted by Gasteiger charge is 2.36. The highest BCUT2D eigenvalue weighted by Crippen LogP contribution is 2.22. The van der Waals surface area contributed by atoms with Crippen molar-refractivity contribution in [2.24, 2.45) is 0 Å². The molecule has 32 heavy (non-hydrogen) atoms. The van der Waals surface area contributed by atoms with Crippen LogP contribution in [0.2, 0.25) is 0 Å². The van der Waals surface area contributed by atoms with Crippen LogP contribution in [0.1, 0.15) is 5.69 Å². The van der Waals surface area contributed by atoms with E-state index in [1.165, 1.54) is 18.2 Å². The van der Waals surface area contributed by atoms with Crippen molar-refractivity contribution in [3.05, 3.63) is 88.4 Å². The molecule has 4 rings (SSSR count). The van der Waals surface area contributed by atoms with Gasteiger partial charge in [0.1, 0.15) is 23.7 Å². The van der Waals surface area contributed by atoms with Crippen LogP contribution in [-0.2, 0) is 16.1 Å². The summed E-state index contributed by atoms with van der Waals surface area (Å²) < 4.78 is 21.7. The number of barbiturate groups is 1. The van der Waals surface area contributed by atoms with E-state index in [-0.39, 0.29) is 11.3 Å². The number of ether oxygens (including phenoxy) is 1. The first-order valence-electron chi connectivity index (χ1n) is 9.63. The zero-order chi connectivity index (χ0) is 22.7. The molecule has 0 radical (unpaired) electrons. The molecule has 2 heterocycles. The van der Waals surface area contributed by atoms with E-state index in [0.29, 0.717) is 18.8 Å². The lowest BCUT2D eigenvalue weighted by Crippen LogP contribution is -2.54.